The molecule has 1 aromatic carbocycles. The topological polar surface area (TPSA) is 115 Å². The summed E-state index contributed by atoms with van der Waals surface area (Å²) >= 11 is 0. The molecule has 0 bridgehead atoms. The van der Waals surface area contributed by atoms with Crippen molar-refractivity contribution in [3.8, 4) is 11.4 Å². The molecule has 1 N–H and O–H groups in total. The SMILES string of the molecule is O=C(NC[C@@H]1COCCN1C(=O)C1CCCC1=O)c1ccc(-c2noc(C(F)(F)F)n2)cc1. The normalized spacial score (nSPS) is 21.3. The van der Waals surface area contributed by atoms with Crippen LogP contribution >= 0.6 is 0 Å². The predicted octanol–water partition coefficient (Wildman–Crippen LogP) is 2.08. The molecule has 2 aliphatic rings. The number of halogens is 3. The van der Waals surface area contributed by atoms with E-state index >= 15 is 0 Å². The van der Waals surface area contributed by atoms with Gasteiger partial charge in [0, 0.05) is 30.6 Å². The summed E-state index contributed by atoms with van der Waals surface area (Å²) in [5.74, 6) is -3.00. The minimum Gasteiger partial charge on any atom is -0.377 e. The fraction of sp³-hybridized carbons (Fsp3) is 0.476. The number of hydrogen-bond donors (Lipinski definition) is 1. The van der Waals surface area contributed by atoms with Gasteiger partial charge in [0.25, 0.3) is 5.91 Å². The lowest BCUT2D eigenvalue weighted by atomic mass is 10.0. The zero-order valence-electron chi connectivity index (χ0n) is 17.4. The Morgan fingerprint density at radius 2 is 1.97 bits per heavy atom. The van der Waals surface area contributed by atoms with Gasteiger partial charge in [-0.3, -0.25) is 14.4 Å². The van der Waals surface area contributed by atoms with Gasteiger partial charge in [-0.2, -0.15) is 18.2 Å². The number of hydrogen-bond acceptors (Lipinski definition) is 7. The maximum atomic E-state index is 12.8. The van der Waals surface area contributed by atoms with Gasteiger partial charge >= 0.3 is 12.1 Å². The Hall–Kier alpha value is -3.28. The molecule has 1 aliphatic carbocycles. The van der Waals surface area contributed by atoms with Crippen LogP contribution in [0.25, 0.3) is 11.4 Å². The van der Waals surface area contributed by atoms with Crippen molar-refractivity contribution in [2.24, 2.45) is 5.92 Å². The van der Waals surface area contributed by atoms with Crippen molar-refractivity contribution in [3.05, 3.63) is 35.7 Å². The van der Waals surface area contributed by atoms with E-state index < -0.39 is 29.9 Å². The molecule has 1 unspecified atom stereocenters. The highest BCUT2D eigenvalue weighted by atomic mass is 19.4. The van der Waals surface area contributed by atoms with E-state index in [-0.39, 0.29) is 41.8 Å². The first kappa shape index (κ1) is 22.9. The van der Waals surface area contributed by atoms with E-state index in [1.54, 1.807) is 4.90 Å². The van der Waals surface area contributed by atoms with Crippen LogP contribution in [0.2, 0.25) is 0 Å². The lowest BCUT2D eigenvalue weighted by Crippen LogP contribution is -2.55. The Morgan fingerprint density at radius 3 is 2.61 bits per heavy atom. The summed E-state index contributed by atoms with van der Waals surface area (Å²) in [6.45, 7) is 1.09. The van der Waals surface area contributed by atoms with E-state index in [0.717, 1.165) is 0 Å². The summed E-state index contributed by atoms with van der Waals surface area (Å²) in [6, 6.07) is 5.26. The number of nitrogens with one attached hydrogen (secondary N) is 1. The third kappa shape index (κ3) is 5.05. The van der Waals surface area contributed by atoms with Crippen LogP contribution in [0.4, 0.5) is 13.2 Å². The van der Waals surface area contributed by atoms with Crippen molar-refractivity contribution in [1.82, 2.24) is 20.4 Å². The zero-order chi connectivity index (χ0) is 23.6. The molecule has 0 radical (unpaired) electrons. The molecular formula is C21H21F3N4O5. The number of amides is 2. The molecule has 2 atom stereocenters. The smallest absolute Gasteiger partial charge is 0.377 e. The lowest BCUT2D eigenvalue weighted by Gasteiger charge is -2.37. The maximum Gasteiger partial charge on any atom is 0.471 e. The van der Waals surface area contributed by atoms with Crippen LogP contribution in [0.3, 0.4) is 0 Å². The number of ether oxygens (including phenoxy) is 1. The average Bonchev–Trinajstić information content (AvgIpc) is 3.47. The van der Waals surface area contributed by atoms with E-state index in [1.165, 1.54) is 24.3 Å². The number of benzene rings is 1. The second-order valence-corrected chi connectivity index (χ2v) is 7.88. The summed E-state index contributed by atoms with van der Waals surface area (Å²) in [5.41, 5.74) is 0.517. The number of Topliss-reactive ketones (excluding diaryl/α,β-unsaturated/α-hetero) is 1. The summed E-state index contributed by atoms with van der Waals surface area (Å²) in [7, 11) is 0. The Labute approximate surface area is 186 Å². The molecule has 0 spiro atoms. The Kier molecular flexibility index (Phi) is 6.45. The minimum absolute atomic E-state index is 0.0432. The fourth-order valence-corrected chi connectivity index (χ4v) is 3.93. The molecule has 2 fully saturated rings. The van der Waals surface area contributed by atoms with Crippen LogP contribution in [0.5, 0.6) is 0 Å². The van der Waals surface area contributed by atoms with Gasteiger partial charge < -0.3 is 19.5 Å². The van der Waals surface area contributed by atoms with Gasteiger partial charge in [-0.1, -0.05) is 17.3 Å². The molecule has 2 amide bonds. The molecule has 2 heterocycles. The standard InChI is InChI=1S/C21H21F3N4O5/c22-21(23,24)20-26-17(27-33-20)12-4-6-13(7-5-12)18(30)25-10-14-11-32-9-8-28(14)19(31)15-2-1-3-16(15)29/h4-7,14-15H,1-3,8-11H2,(H,25,30)/t14-,15?/m1/s1. The number of aromatic nitrogens is 2. The number of alkyl halides is 3. The molecule has 33 heavy (non-hydrogen) atoms. The lowest BCUT2D eigenvalue weighted by molar-refractivity contribution is -0.159. The van der Waals surface area contributed by atoms with Crippen molar-refractivity contribution < 1.29 is 36.8 Å². The Morgan fingerprint density at radius 1 is 1.21 bits per heavy atom. The number of carbonyl (C=O) groups is 3. The number of carbonyl (C=O) groups excluding carboxylic acids is 3. The van der Waals surface area contributed by atoms with Crippen molar-refractivity contribution in [2.45, 2.75) is 31.5 Å². The first-order chi connectivity index (χ1) is 15.7. The first-order valence-corrected chi connectivity index (χ1v) is 10.4. The number of ketones is 1. The second-order valence-electron chi connectivity index (χ2n) is 7.88. The van der Waals surface area contributed by atoms with Crippen LogP contribution in [-0.4, -0.2) is 65.0 Å². The predicted molar refractivity (Wildman–Crippen MR) is 106 cm³/mol. The van der Waals surface area contributed by atoms with Crippen LogP contribution in [0.1, 0.15) is 35.5 Å². The van der Waals surface area contributed by atoms with Gasteiger partial charge in [0.2, 0.25) is 11.7 Å². The molecule has 1 aliphatic heterocycles. The van der Waals surface area contributed by atoms with Gasteiger partial charge in [0.05, 0.1) is 25.2 Å². The molecule has 1 aromatic heterocycles. The highest BCUT2D eigenvalue weighted by Gasteiger charge is 2.39. The summed E-state index contributed by atoms with van der Waals surface area (Å²) in [6.07, 6.45) is -3.07. The number of morpholine rings is 1. The third-order valence-corrected chi connectivity index (χ3v) is 5.69. The summed E-state index contributed by atoms with van der Waals surface area (Å²) < 4.78 is 47.5. The zero-order valence-corrected chi connectivity index (χ0v) is 17.4. The Balaban J connectivity index is 1.37. The van der Waals surface area contributed by atoms with E-state index in [2.05, 4.69) is 20.0 Å². The van der Waals surface area contributed by atoms with Crippen molar-refractivity contribution in [2.75, 3.05) is 26.3 Å². The molecule has 9 nitrogen and oxygen atoms in total. The Bertz CT molecular complexity index is 1040. The first-order valence-electron chi connectivity index (χ1n) is 10.4. The number of nitrogens with zero attached hydrogens (tertiary/aromatic N) is 3. The van der Waals surface area contributed by atoms with Gasteiger partial charge in [0.1, 0.15) is 5.78 Å². The van der Waals surface area contributed by atoms with Crippen LogP contribution in [0.15, 0.2) is 28.8 Å². The van der Waals surface area contributed by atoms with Gasteiger partial charge in [-0.05, 0) is 25.0 Å². The quantitative estimate of drug-likeness (QED) is 0.671. The van der Waals surface area contributed by atoms with Gasteiger partial charge in [0.15, 0.2) is 0 Å². The van der Waals surface area contributed by atoms with Crippen LogP contribution in [0, 0.1) is 5.92 Å². The molecule has 12 heteroatoms. The molecule has 1 saturated heterocycles. The van der Waals surface area contributed by atoms with E-state index in [9.17, 15) is 27.6 Å². The largest absolute Gasteiger partial charge is 0.471 e. The monoisotopic (exact) mass is 466 g/mol. The van der Waals surface area contributed by atoms with E-state index in [1.807, 2.05) is 0 Å². The maximum absolute atomic E-state index is 12.8. The summed E-state index contributed by atoms with van der Waals surface area (Å²) in [4.78, 5) is 42.3. The van der Waals surface area contributed by atoms with Crippen molar-refractivity contribution in [1.29, 1.82) is 0 Å². The summed E-state index contributed by atoms with van der Waals surface area (Å²) in [5, 5.41) is 6.05. The van der Waals surface area contributed by atoms with Crippen LogP contribution < -0.4 is 5.32 Å². The molecule has 1 saturated carbocycles. The molecule has 176 valence electrons. The minimum atomic E-state index is -4.74. The highest BCUT2D eigenvalue weighted by Crippen LogP contribution is 2.29. The fourth-order valence-electron chi connectivity index (χ4n) is 3.93. The van der Waals surface area contributed by atoms with E-state index in [0.29, 0.717) is 32.4 Å². The molecular weight excluding hydrogens is 445 g/mol. The third-order valence-electron chi connectivity index (χ3n) is 5.69. The average molecular weight is 466 g/mol. The second kappa shape index (κ2) is 9.30. The van der Waals surface area contributed by atoms with Crippen molar-refractivity contribution >= 4 is 17.6 Å². The molecule has 4 rings (SSSR count). The van der Waals surface area contributed by atoms with Gasteiger partial charge in [-0.25, -0.2) is 0 Å². The van der Waals surface area contributed by atoms with Crippen LogP contribution in [-0.2, 0) is 20.5 Å². The van der Waals surface area contributed by atoms with Gasteiger partial charge in [-0.15, -0.1) is 0 Å². The van der Waals surface area contributed by atoms with E-state index in [4.69, 9.17) is 4.74 Å². The molecule has 2 aromatic rings. The van der Waals surface area contributed by atoms with Crippen molar-refractivity contribution in [3.63, 3.8) is 0 Å². The highest BCUT2D eigenvalue weighted by molar-refractivity contribution is 6.02. The number of rotatable bonds is 5.